The van der Waals surface area contributed by atoms with Gasteiger partial charge in [-0.25, -0.2) is 9.18 Å². The van der Waals surface area contributed by atoms with Gasteiger partial charge in [0.2, 0.25) is 0 Å². The Hall–Kier alpha value is -2.66. The summed E-state index contributed by atoms with van der Waals surface area (Å²) in [4.78, 5) is 11.0. The van der Waals surface area contributed by atoms with E-state index in [-0.39, 0.29) is 29.9 Å². The minimum Gasteiger partial charge on any atom is -0.482 e. The molecule has 1 fully saturated rings. The standard InChI is InChI=1S/C24H27FO4/c1-4-21-20(16-9-11-17(25)12-10-16)13-19(15(2)3)24(29-21)18-7-5-6-8-22(18)28-14-23(26)27/h5-12,19-21,24H,2,4,13-14H2,1,3H3,(H,26,27)/t19-,20+,21-,24+/m0/s1. The monoisotopic (exact) mass is 398 g/mol. The van der Waals surface area contributed by atoms with E-state index in [1.807, 2.05) is 37.3 Å². The first-order valence-electron chi connectivity index (χ1n) is 9.90. The predicted molar refractivity (Wildman–Crippen MR) is 110 cm³/mol. The van der Waals surface area contributed by atoms with Crippen molar-refractivity contribution < 1.29 is 23.8 Å². The second-order valence-corrected chi connectivity index (χ2v) is 7.57. The van der Waals surface area contributed by atoms with Crippen molar-refractivity contribution in [2.75, 3.05) is 6.61 Å². The van der Waals surface area contributed by atoms with Crippen molar-refractivity contribution in [1.29, 1.82) is 0 Å². The Labute approximate surface area is 171 Å². The van der Waals surface area contributed by atoms with Gasteiger partial charge in [-0.05, 0) is 43.5 Å². The molecular weight excluding hydrogens is 371 g/mol. The van der Waals surface area contributed by atoms with E-state index in [1.54, 1.807) is 6.07 Å². The summed E-state index contributed by atoms with van der Waals surface area (Å²) in [6.07, 6.45) is 1.30. The number of para-hydroxylation sites is 1. The van der Waals surface area contributed by atoms with Crippen molar-refractivity contribution in [3.05, 3.63) is 77.6 Å². The molecule has 4 atom stereocenters. The number of carboxylic acids is 1. The maximum Gasteiger partial charge on any atom is 0.341 e. The van der Waals surface area contributed by atoms with Crippen LogP contribution < -0.4 is 4.74 Å². The van der Waals surface area contributed by atoms with Crippen LogP contribution in [0.2, 0.25) is 0 Å². The highest BCUT2D eigenvalue weighted by molar-refractivity contribution is 5.68. The summed E-state index contributed by atoms with van der Waals surface area (Å²) in [5.41, 5.74) is 2.88. The van der Waals surface area contributed by atoms with Crippen molar-refractivity contribution in [3.8, 4) is 5.75 Å². The van der Waals surface area contributed by atoms with Crippen molar-refractivity contribution in [2.24, 2.45) is 5.92 Å². The van der Waals surface area contributed by atoms with Gasteiger partial charge in [0.05, 0.1) is 12.2 Å². The molecule has 1 aliphatic rings. The van der Waals surface area contributed by atoms with Crippen LogP contribution in [-0.2, 0) is 9.53 Å². The van der Waals surface area contributed by atoms with Crippen LogP contribution in [0.4, 0.5) is 4.39 Å². The zero-order chi connectivity index (χ0) is 21.0. The normalized spacial score (nSPS) is 24.1. The molecule has 1 saturated heterocycles. The average Bonchev–Trinajstić information content (AvgIpc) is 2.72. The summed E-state index contributed by atoms with van der Waals surface area (Å²) in [6.45, 7) is 7.83. The lowest BCUT2D eigenvalue weighted by Gasteiger charge is -2.43. The number of rotatable bonds is 7. The fourth-order valence-electron chi connectivity index (χ4n) is 4.10. The van der Waals surface area contributed by atoms with Crippen LogP contribution in [0.3, 0.4) is 0 Å². The summed E-state index contributed by atoms with van der Waals surface area (Å²) in [6, 6.07) is 14.0. The van der Waals surface area contributed by atoms with Gasteiger partial charge in [-0.15, -0.1) is 0 Å². The summed E-state index contributed by atoms with van der Waals surface area (Å²) in [5.74, 6) is -0.602. The van der Waals surface area contributed by atoms with Crippen molar-refractivity contribution in [3.63, 3.8) is 0 Å². The van der Waals surface area contributed by atoms with Gasteiger partial charge in [0.15, 0.2) is 6.61 Å². The highest BCUT2D eigenvalue weighted by Gasteiger charge is 2.40. The molecule has 0 saturated carbocycles. The van der Waals surface area contributed by atoms with Crippen molar-refractivity contribution >= 4 is 5.97 Å². The van der Waals surface area contributed by atoms with E-state index in [1.165, 1.54) is 12.1 Å². The molecule has 3 rings (SSSR count). The third-order valence-electron chi connectivity index (χ3n) is 5.55. The predicted octanol–water partition coefficient (Wildman–Crippen LogP) is 5.51. The number of hydrogen-bond acceptors (Lipinski definition) is 3. The quantitative estimate of drug-likeness (QED) is 0.625. The third-order valence-corrected chi connectivity index (χ3v) is 5.55. The van der Waals surface area contributed by atoms with Crippen LogP contribution in [0.5, 0.6) is 5.75 Å². The number of carbonyl (C=O) groups is 1. The molecule has 0 unspecified atom stereocenters. The first-order valence-corrected chi connectivity index (χ1v) is 9.90. The van der Waals surface area contributed by atoms with Crippen LogP contribution >= 0.6 is 0 Å². The number of hydrogen-bond donors (Lipinski definition) is 1. The van der Waals surface area contributed by atoms with Gasteiger partial charge in [0, 0.05) is 17.4 Å². The Bertz CT molecular complexity index is 861. The molecule has 1 aliphatic heterocycles. The first kappa shape index (κ1) is 21.1. The molecule has 0 aliphatic carbocycles. The lowest BCUT2D eigenvalue weighted by molar-refractivity contribution is -0.139. The summed E-state index contributed by atoms with van der Waals surface area (Å²) >= 11 is 0. The second kappa shape index (κ2) is 9.23. The van der Waals surface area contributed by atoms with Crippen LogP contribution in [0.15, 0.2) is 60.7 Å². The SMILES string of the molecule is C=C(C)[C@@H]1C[C@H](c2ccc(F)cc2)[C@H](CC)O[C@@H]1c1ccccc1OCC(=O)O. The van der Waals surface area contributed by atoms with E-state index in [4.69, 9.17) is 14.6 Å². The Morgan fingerprint density at radius 1 is 1.24 bits per heavy atom. The Morgan fingerprint density at radius 2 is 1.93 bits per heavy atom. The van der Waals surface area contributed by atoms with E-state index in [2.05, 4.69) is 13.5 Å². The summed E-state index contributed by atoms with van der Waals surface area (Å²) in [7, 11) is 0. The molecule has 0 radical (unpaired) electrons. The summed E-state index contributed by atoms with van der Waals surface area (Å²) in [5, 5.41) is 8.98. The Balaban J connectivity index is 1.93. The highest BCUT2D eigenvalue weighted by Crippen LogP contribution is 2.48. The van der Waals surface area contributed by atoms with Crippen molar-refractivity contribution in [2.45, 2.75) is 44.8 Å². The molecule has 0 bridgehead atoms. The largest absolute Gasteiger partial charge is 0.482 e. The number of aliphatic carboxylic acids is 1. The van der Waals surface area contributed by atoms with Crippen molar-refractivity contribution in [1.82, 2.24) is 0 Å². The van der Waals surface area contributed by atoms with Gasteiger partial charge in [0.25, 0.3) is 0 Å². The fourth-order valence-corrected chi connectivity index (χ4v) is 4.10. The molecule has 1 heterocycles. The lowest BCUT2D eigenvalue weighted by Crippen LogP contribution is -2.36. The number of benzene rings is 2. The maximum absolute atomic E-state index is 13.4. The molecule has 2 aromatic rings. The minimum atomic E-state index is -1.02. The summed E-state index contributed by atoms with van der Waals surface area (Å²) < 4.78 is 25.5. The third kappa shape index (κ3) is 4.85. The molecule has 2 aromatic carbocycles. The zero-order valence-corrected chi connectivity index (χ0v) is 16.8. The fraction of sp³-hybridized carbons (Fsp3) is 0.375. The maximum atomic E-state index is 13.4. The van der Waals surface area contributed by atoms with Crippen LogP contribution in [0, 0.1) is 11.7 Å². The van der Waals surface area contributed by atoms with Gasteiger partial charge in [0.1, 0.15) is 11.6 Å². The van der Waals surface area contributed by atoms with E-state index in [0.29, 0.717) is 5.75 Å². The van der Waals surface area contributed by atoms with E-state index in [9.17, 15) is 9.18 Å². The molecule has 0 aromatic heterocycles. The Kier molecular flexibility index (Phi) is 6.70. The molecule has 29 heavy (non-hydrogen) atoms. The molecule has 154 valence electrons. The molecule has 0 amide bonds. The van der Waals surface area contributed by atoms with Gasteiger partial charge in [-0.3, -0.25) is 0 Å². The topological polar surface area (TPSA) is 55.8 Å². The highest BCUT2D eigenvalue weighted by atomic mass is 19.1. The lowest BCUT2D eigenvalue weighted by atomic mass is 9.75. The van der Waals surface area contributed by atoms with Crippen LogP contribution in [0.1, 0.15) is 49.8 Å². The molecule has 1 N–H and O–H groups in total. The van der Waals surface area contributed by atoms with E-state index < -0.39 is 12.6 Å². The molecule has 0 spiro atoms. The number of carboxylic acid groups (broad SMARTS) is 1. The number of halogens is 1. The first-order chi connectivity index (χ1) is 13.9. The van der Waals surface area contributed by atoms with Gasteiger partial charge in [-0.2, -0.15) is 0 Å². The van der Waals surface area contributed by atoms with E-state index >= 15 is 0 Å². The second-order valence-electron chi connectivity index (χ2n) is 7.57. The van der Waals surface area contributed by atoms with E-state index in [0.717, 1.165) is 29.5 Å². The van der Waals surface area contributed by atoms with Crippen LogP contribution in [-0.4, -0.2) is 23.8 Å². The average molecular weight is 398 g/mol. The van der Waals surface area contributed by atoms with Crippen LogP contribution in [0.25, 0.3) is 0 Å². The smallest absolute Gasteiger partial charge is 0.341 e. The molecular formula is C24H27FO4. The Morgan fingerprint density at radius 3 is 2.55 bits per heavy atom. The minimum absolute atomic E-state index is 0.0300. The van der Waals surface area contributed by atoms with Gasteiger partial charge < -0.3 is 14.6 Å². The van der Waals surface area contributed by atoms with Gasteiger partial charge >= 0.3 is 5.97 Å². The zero-order valence-electron chi connectivity index (χ0n) is 16.8. The molecule has 5 heteroatoms. The number of ether oxygens (including phenoxy) is 2. The van der Waals surface area contributed by atoms with Gasteiger partial charge in [-0.1, -0.05) is 49.4 Å². The molecule has 4 nitrogen and oxygen atoms in total.